The van der Waals surface area contributed by atoms with E-state index in [0.29, 0.717) is 24.5 Å². The summed E-state index contributed by atoms with van der Waals surface area (Å²) in [6, 6.07) is 5.64. The van der Waals surface area contributed by atoms with Crippen LogP contribution >= 0.6 is 0 Å². The second-order valence-electron chi connectivity index (χ2n) is 5.18. The predicted molar refractivity (Wildman–Crippen MR) is 82.3 cm³/mol. The van der Waals surface area contributed by atoms with Crippen LogP contribution in [0.4, 0.5) is 13.2 Å². The molecule has 0 aromatic heterocycles. The summed E-state index contributed by atoms with van der Waals surface area (Å²) in [6.07, 6.45) is -4.14. The van der Waals surface area contributed by atoms with Crippen LogP contribution in [0, 0.1) is 0 Å². The molecular weight excluding hydrogens is 343 g/mol. The summed E-state index contributed by atoms with van der Waals surface area (Å²) >= 11 is 0. The second-order valence-corrected chi connectivity index (χ2v) is 5.18. The molecule has 0 aliphatic rings. The third-order valence-corrected chi connectivity index (χ3v) is 2.98. The summed E-state index contributed by atoms with van der Waals surface area (Å²) in [6.45, 7) is 1.64. The van der Waals surface area contributed by atoms with Crippen LogP contribution in [0.3, 0.4) is 0 Å². The number of hydrogen-bond donors (Lipinski definition) is 1. The number of ether oxygens (including phenoxy) is 3. The van der Waals surface area contributed by atoms with Crippen LogP contribution in [-0.2, 0) is 14.3 Å². The number of esters is 1. The molecule has 1 atom stereocenters. The van der Waals surface area contributed by atoms with Gasteiger partial charge in [-0.1, -0.05) is 0 Å². The molecule has 1 unspecified atom stereocenters. The highest BCUT2D eigenvalue weighted by Gasteiger charge is 2.39. The van der Waals surface area contributed by atoms with Gasteiger partial charge in [-0.05, 0) is 37.6 Å². The van der Waals surface area contributed by atoms with Crippen molar-refractivity contribution in [1.82, 2.24) is 5.32 Å². The molecule has 0 bridgehead atoms. The first-order valence-corrected chi connectivity index (χ1v) is 7.52. The Bertz CT molecular complexity index is 560. The molecule has 1 N–H and O–H groups in total. The van der Waals surface area contributed by atoms with Crippen LogP contribution in [-0.4, -0.2) is 44.4 Å². The summed E-state index contributed by atoms with van der Waals surface area (Å²) in [5.41, 5.74) is 0. The molecule has 25 heavy (non-hydrogen) atoms. The molecule has 0 aliphatic carbocycles. The number of carbonyl (C=O) groups excluding carboxylic acids is 2. The van der Waals surface area contributed by atoms with Gasteiger partial charge < -0.3 is 19.5 Å². The van der Waals surface area contributed by atoms with Gasteiger partial charge in [-0.25, -0.2) is 0 Å². The molecule has 0 aliphatic heterocycles. The number of benzene rings is 1. The van der Waals surface area contributed by atoms with E-state index in [1.807, 2.05) is 0 Å². The van der Waals surface area contributed by atoms with Gasteiger partial charge in [0.1, 0.15) is 18.1 Å². The van der Waals surface area contributed by atoms with Crippen LogP contribution < -0.4 is 14.8 Å². The van der Waals surface area contributed by atoms with Gasteiger partial charge in [0.05, 0.1) is 19.8 Å². The van der Waals surface area contributed by atoms with Crippen molar-refractivity contribution in [3.63, 3.8) is 0 Å². The fraction of sp³-hybridized carbons (Fsp3) is 0.500. The maximum absolute atomic E-state index is 12.1. The van der Waals surface area contributed by atoms with E-state index >= 15 is 0 Å². The Balaban J connectivity index is 2.32. The Morgan fingerprint density at radius 3 is 2.20 bits per heavy atom. The number of rotatable bonds is 9. The summed E-state index contributed by atoms with van der Waals surface area (Å²) in [5.74, 6) is -1.32. The average Bonchev–Trinajstić information content (AvgIpc) is 2.56. The Hall–Kier alpha value is -2.45. The normalized spacial score (nSPS) is 12.2. The van der Waals surface area contributed by atoms with E-state index in [2.05, 4.69) is 4.74 Å². The highest BCUT2D eigenvalue weighted by atomic mass is 19.4. The van der Waals surface area contributed by atoms with E-state index in [0.717, 1.165) is 0 Å². The van der Waals surface area contributed by atoms with Gasteiger partial charge in [-0.15, -0.1) is 0 Å². The number of amides is 1. The van der Waals surface area contributed by atoms with Gasteiger partial charge in [-0.3, -0.25) is 9.59 Å². The number of methoxy groups -OCH3 is 1. The van der Waals surface area contributed by atoms with Crippen molar-refractivity contribution in [2.75, 3.05) is 20.3 Å². The van der Waals surface area contributed by atoms with E-state index in [4.69, 9.17) is 9.47 Å². The fourth-order valence-corrected chi connectivity index (χ4v) is 1.71. The maximum atomic E-state index is 12.1. The number of nitrogens with one attached hydrogen (secondary N) is 1. The molecule has 9 heteroatoms. The van der Waals surface area contributed by atoms with Crippen molar-refractivity contribution in [3.8, 4) is 11.5 Å². The topological polar surface area (TPSA) is 73.9 Å². The first-order valence-electron chi connectivity index (χ1n) is 7.52. The quantitative estimate of drug-likeness (QED) is 0.539. The van der Waals surface area contributed by atoms with E-state index in [9.17, 15) is 22.8 Å². The van der Waals surface area contributed by atoms with Gasteiger partial charge in [0.15, 0.2) is 0 Å². The van der Waals surface area contributed by atoms with Gasteiger partial charge in [0.25, 0.3) is 0 Å². The summed E-state index contributed by atoms with van der Waals surface area (Å²) in [5, 5.41) is 1.80. The third-order valence-electron chi connectivity index (χ3n) is 2.98. The van der Waals surface area contributed by atoms with E-state index in [1.165, 1.54) is 14.0 Å². The first kappa shape index (κ1) is 20.6. The molecule has 0 heterocycles. The lowest BCUT2D eigenvalue weighted by Crippen LogP contribution is -2.44. The number of hydrogen-bond acceptors (Lipinski definition) is 5. The molecule has 1 amide bonds. The molecule has 1 aromatic carbocycles. The smallest absolute Gasteiger partial charge is 0.471 e. The monoisotopic (exact) mass is 363 g/mol. The fourth-order valence-electron chi connectivity index (χ4n) is 1.71. The molecule has 140 valence electrons. The Morgan fingerprint density at radius 2 is 1.68 bits per heavy atom. The average molecular weight is 363 g/mol. The molecule has 0 saturated carbocycles. The zero-order chi connectivity index (χ0) is 18.9. The van der Waals surface area contributed by atoms with Crippen LogP contribution in [0.25, 0.3) is 0 Å². The third kappa shape index (κ3) is 8.27. The maximum Gasteiger partial charge on any atom is 0.471 e. The summed E-state index contributed by atoms with van der Waals surface area (Å²) in [4.78, 5) is 21.7. The lowest BCUT2D eigenvalue weighted by molar-refractivity contribution is -0.174. The van der Waals surface area contributed by atoms with Crippen LogP contribution in [0.1, 0.15) is 19.8 Å². The highest BCUT2D eigenvalue weighted by Crippen LogP contribution is 2.18. The zero-order valence-corrected chi connectivity index (χ0v) is 13.9. The first-order chi connectivity index (χ1) is 11.7. The van der Waals surface area contributed by atoms with Crippen molar-refractivity contribution < 1.29 is 37.0 Å². The molecule has 0 radical (unpaired) electrons. The molecule has 1 aromatic rings. The molecule has 0 saturated heterocycles. The van der Waals surface area contributed by atoms with E-state index in [1.54, 1.807) is 29.6 Å². The molecular formula is C16H20F3NO5. The van der Waals surface area contributed by atoms with E-state index in [-0.39, 0.29) is 19.0 Å². The zero-order valence-electron chi connectivity index (χ0n) is 13.9. The molecule has 0 spiro atoms. The van der Waals surface area contributed by atoms with Crippen molar-refractivity contribution in [1.29, 1.82) is 0 Å². The molecule has 6 nitrogen and oxygen atoms in total. The van der Waals surface area contributed by atoms with Crippen LogP contribution in [0.15, 0.2) is 24.3 Å². The van der Waals surface area contributed by atoms with Crippen molar-refractivity contribution in [3.05, 3.63) is 24.3 Å². The number of alkyl halides is 3. The molecule has 1 rings (SSSR count). The van der Waals surface area contributed by atoms with Crippen LogP contribution in [0.5, 0.6) is 11.5 Å². The Morgan fingerprint density at radius 1 is 1.12 bits per heavy atom. The minimum absolute atomic E-state index is 0.110. The summed E-state index contributed by atoms with van der Waals surface area (Å²) < 4.78 is 51.6. The van der Waals surface area contributed by atoms with Gasteiger partial charge >= 0.3 is 18.1 Å². The SMILES string of the molecule is COC(=O)CCCOc1ccc(OCC(C)NC(=O)C(F)(F)F)cc1. The summed E-state index contributed by atoms with van der Waals surface area (Å²) in [7, 11) is 1.32. The largest absolute Gasteiger partial charge is 0.494 e. The van der Waals surface area contributed by atoms with Crippen molar-refractivity contribution in [2.24, 2.45) is 0 Å². The second kappa shape index (κ2) is 9.75. The number of halogens is 3. The van der Waals surface area contributed by atoms with Gasteiger partial charge in [0.2, 0.25) is 0 Å². The van der Waals surface area contributed by atoms with Crippen molar-refractivity contribution in [2.45, 2.75) is 32.0 Å². The van der Waals surface area contributed by atoms with Gasteiger partial charge in [-0.2, -0.15) is 13.2 Å². The lowest BCUT2D eigenvalue weighted by atomic mass is 10.3. The molecule has 0 fully saturated rings. The van der Waals surface area contributed by atoms with Crippen LogP contribution in [0.2, 0.25) is 0 Å². The van der Waals surface area contributed by atoms with Gasteiger partial charge in [0, 0.05) is 6.42 Å². The minimum atomic E-state index is -4.92. The standard InChI is InChI=1S/C16H20F3NO5/c1-11(20-15(22)16(17,18)19)10-25-13-7-5-12(6-8-13)24-9-3-4-14(21)23-2/h5-8,11H,3-4,9-10H2,1-2H3,(H,20,22). The lowest BCUT2D eigenvalue weighted by Gasteiger charge is -2.16. The number of carbonyl (C=O) groups is 2. The Kier molecular flexibility index (Phi) is 8.03. The van der Waals surface area contributed by atoms with Crippen molar-refractivity contribution >= 4 is 11.9 Å². The van der Waals surface area contributed by atoms with E-state index < -0.39 is 18.1 Å². The highest BCUT2D eigenvalue weighted by molar-refractivity contribution is 5.81. The minimum Gasteiger partial charge on any atom is -0.494 e. The predicted octanol–water partition coefficient (Wildman–Crippen LogP) is 2.46. The Labute approximate surface area is 143 Å².